The number of anilines is 1. The van der Waals surface area contributed by atoms with Crippen LogP contribution in [-0.4, -0.2) is 79.9 Å². The van der Waals surface area contributed by atoms with E-state index in [2.05, 4.69) is 27.0 Å². The fourth-order valence-electron chi connectivity index (χ4n) is 4.05. The van der Waals surface area contributed by atoms with Gasteiger partial charge in [0.2, 0.25) is 5.13 Å². The van der Waals surface area contributed by atoms with Gasteiger partial charge in [0.1, 0.15) is 30.6 Å². The van der Waals surface area contributed by atoms with Gasteiger partial charge >= 0.3 is 0 Å². The van der Waals surface area contributed by atoms with Gasteiger partial charge in [0.15, 0.2) is 15.8 Å². The molecular weight excluding hydrogens is 574 g/mol. The summed E-state index contributed by atoms with van der Waals surface area (Å²) >= 11 is 2.87. The summed E-state index contributed by atoms with van der Waals surface area (Å²) in [6.07, 6.45) is 4.04. The molecule has 4 rings (SSSR count). The van der Waals surface area contributed by atoms with Crippen molar-refractivity contribution in [1.82, 2.24) is 15.1 Å². The van der Waals surface area contributed by atoms with E-state index < -0.39 is 5.91 Å². The second-order valence-corrected chi connectivity index (χ2v) is 11.3. The summed E-state index contributed by atoms with van der Waals surface area (Å²) in [6.45, 7) is 8.76. The maximum atomic E-state index is 12.8. The van der Waals surface area contributed by atoms with Gasteiger partial charge in [-0.1, -0.05) is 53.4 Å². The molecule has 0 atom stereocenters. The molecule has 1 saturated heterocycles. The molecule has 0 aliphatic carbocycles. The van der Waals surface area contributed by atoms with Crippen LogP contribution in [-0.2, 0) is 16.0 Å². The van der Waals surface area contributed by atoms with Crippen molar-refractivity contribution in [1.29, 1.82) is 5.26 Å². The molecule has 1 aromatic heterocycles. The van der Waals surface area contributed by atoms with Crippen LogP contribution in [0.1, 0.15) is 11.1 Å². The van der Waals surface area contributed by atoms with Crippen LogP contribution in [0.15, 0.2) is 65.0 Å². The number of hydrogen-bond donors (Lipinski definition) is 1. The molecule has 0 saturated carbocycles. The first-order valence-corrected chi connectivity index (χ1v) is 15.2. The van der Waals surface area contributed by atoms with E-state index in [0.717, 1.165) is 60.7 Å². The topological polar surface area (TPSA) is 119 Å². The highest BCUT2D eigenvalue weighted by atomic mass is 32.2. The molecular formula is C30H33N5O5S2. The first-order valence-electron chi connectivity index (χ1n) is 13.4. The van der Waals surface area contributed by atoms with Crippen molar-refractivity contribution in [2.45, 2.75) is 10.8 Å². The molecule has 10 nitrogen and oxygen atoms in total. The second-order valence-electron chi connectivity index (χ2n) is 9.01. The maximum absolute atomic E-state index is 12.8. The number of nitriles is 1. The van der Waals surface area contributed by atoms with Crippen LogP contribution in [0.25, 0.3) is 6.08 Å². The van der Waals surface area contributed by atoms with Crippen LogP contribution in [0.4, 0.5) is 5.13 Å². The third-order valence-corrected chi connectivity index (χ3v) is 8.11. The molecule has 0 radical (unpaired) electrons. The molecule has 2 heterocycles. The minimum atomic E-state index is -0.563. The van der Waals surface area contributed by atoms with E-state index in [1.807, 2.05) is 36.4 Å². The van der Waals surface area contributed by atoms with E-state index in [9.17, 15) is 10.1 Å². The lowest BCUT2D eigenvalue weighted by Gasteiger charge is -2.25. The fraction of sp³-hybridized carbons (Fsp3) is 0.333. The minimum Gasteiger partial charge on any atom is -0.493 e. The quantitative estimate of drug-likeness (QED) is 0.0650. The van der Waals surface area contributed by atoms with Gasteiger partial charge < -0.3 is 18.9 Å². The number of thioether (sulfide) groups is 1. The predicted octanol–water partition coefficient (Wildman–Crippen LogP) is 4.70. The molecule has 1 fully saturated rings. The van der Waals surface area contributed by atoms with Gasteiger partial charge in [-0.25, -0.2) is 0 Å². The number of nitrogens with zero attached hydrogens (tertiary/aromatic N) is 4. The van der Waals surface area contributed by atoms with E-state index in [1.54, 1.807) is 30.0 Å². The van der Waals surface area contributed by atoms with Gasteiger partial charge in [-0.3, -0.25) is 15.0 Å². The molecule has 0 spiro atoms. The average molecular weight is 608 g/mol. The summed E-state index contributed by atoms with van der Waals surface area (Å²) in [6, 6.07) is 14.9. The molecule has 0 bridgehead atoms. The highest BCUT2D eigenvalue weighted by Crippen LogP contribution is 2.30. The SMILES string of the molecule is C=CCc1ccccc1OCCOc1ccc(/C=C(\C#N)C(=O)Nc2nnc(SCCN3CCOCC3)s2)cc1OC. The number of rotatable bonds is 15. The number of morpholine rings is 1. The predicted molar refractivity (Wildman–Crippen MR) is 164 cm³/mol. The van der Waals surface area contributed by atoms with Crippen molar-refractivity contribution in [2.75, 3.05) is 64.2 Å². The lowest BCUT2D eigenvalue weighted by Crippen LogP contribution is -2.37. The summed E-state index contributed by atoms with van der Waals surface area (Å²) in [7, 11) is 1.53. The number of amides is 1. The van der Waals surface area contributed by atoms with Gasteiger partial charge in [0, 0.05) is 25.4 Å². The van der Waals surface area contributed by atoms with Crippen molar-refractivity contribution in [2.24, 2.45) is 0 Å². The fourth-order valence-corrected chi connectivity index (χ4v) is 5.87. The van der Waals surface area contributed by atoms with Gasteiger partial charge in [-0.15, -0.1) is 16.8 Å². The number of carbonyl (C=O) groups excluding carboxylic acids is 1. The highest BCUT2D eigenvalue weighted by Gasteiger charge is 2.15. The van der Waals surface area contributed by atoms with Gasteiger partial charge in [-0.2, -0.15) is 5.26 Å². The van der Waals surface area contributed by atoms with E-state index in [0.29, 0.717) is 35.4 Å². The van der Waals surface area contributed by atoms with Crippen LogP contribution in [0, 0.1) is 11.3 Å². The number of aromatic nitrogens is 2. The summed E-state index contributed by atoms with van der Waals surface area (Å²) in [4.78, 5) is 15.1. The molecule has 1 amide bonds. The molecule has 3 aromatic rings. The Kier molecular flexibility index (Phi) is 12.2. The first kappa shape index (κ1) is 31.1. The largest absolute Gasteiger partial charge is 0.493 e. The number of benzene rings is 2. The van der Waals surface area contributed by atoms with Crippen molar-refractivity contribution < 1.29 is 23.7 Å². The number of para-hydroxylation sites is 1. The lowest BCUT2D eigenvalue weighted by atomic mass is 10.1. The van der Waals surface area contributed by atoms with Crippen LogP contribution < -0.4 is 19.5 Å². The summed E-state index contributed by atoms with van der Waals surface area (Å²) in [5.74, 6) is 2.09. The average Bonchev–Trinajstić information content (AvgIpc) is 3.46. The van der Waals surface area contributed by atoms with E-state index in [1.165, 1.54) is 24.5 Å². The van der Waals surface area contributed by atoms with Crippen LogP contribution in [0.5, 0.6) is 17.2 Å². The highest BCUT2D eigenvalue weighted by molar-refractivity contribution is 8.01. The molecule has 2 aromatic carbocycles. The summed E-state index contributed by atoms with van der Waals surface area (Å²) in [5.41, 5.74) is 1.59. The van der Waals surface area contributed by atoms with Crippen LogP contribution >= 0.6 is 23.1 Å². The molecule has 12 heteroatoms. The van der Waals surface area contributed by atoms with Crippen molar-refractivity contribution >= 4 is 40.2 Å². The van der Waals surface area contributed by atoms with Gasteiger partial charge in [0.25, 0.3) is 5.91 Å². The number of nitrogens with one attached hydrogen (secondary N) is 1. The zero-order valence-electron chi connectivity index (χ0n) is 23.4. The monoisotopic (exact) mass is 607 g/mol. The zero-order chi connectivity index (χ0) is 29.6. The van der Waals surface area contributed by atoms with Crippen molar-refractivity contribution in [3.05, 3.63) is 71.8 Å². The van der Waals surface area contributed by atoms with E-state index in [4.69, 9.17) is 18.9 Å². The van der Waals surface area contributed by atoms with E-state index >= 15 is 0 Å². The Hall–Kier alpha value is -3.89. The van der Waals surface area contributed by atoms with E-state index in [-0.39, 0.29) is 5.57 Å². The zero-order valence-corrected chi connectivity index (χ0v) is 25.0. The van der Waals surface area contributed by atoms with Gasteiger partial charge in [0.05, 0.1) is 20.3 Å². The Balaban J connectivity index is 1.29. The third kappa shape index (κ3) is 9.32. The normalized spacial score (nSPS) is 13.7. The van der Waals surface area contributed by atoms with Gasteiger partial charge in [-0.05, 0) is 41.8 Å². The van der Waals surface area contributed by atoms with Crippen LogP contribution in [0.2, 0.25) is 0 Å². The Labute approximate surface area is 253 Å². The smallest absolute Gasteiger partial charge is 0.268 e. The van der Waals surface area contributed by atoms with Crippen molar-refractivity contribution in [3.8, 4) is 23.3 Å². The molecule has 1 aliphatic heterocycles. The number of allylic oxidation sites excluding steroid dienone is 1. The standard InChI is InChI=1S/C30H33N5O5S2/c1-3-6-23-7-4-5-8-25(23)39-16-17-40-26-10-9-22(20-27(26)37-2)19-24(21-31)28(36)32-29-33-34-30(42-29)41-18-13-35-11-14-38-15-12-35/h3-5,7-10,19-20H,1,6,11-18H2,2H3,(H,32,33,36)/b24-19+. The molecule has 42 heavy (non-hydrogen) atoms. The Morgan fingerprint density at radius 3 is 2.71 bits per heavy atom. The second kappa shape index (κ2) is 16.5. The Morgan fingerprint density at radius 1 is 1.17 bits per heavy atom. The lowest BCUT2D eigenvalue weighted by molar-refractivity contribution is -0.112. The van der Waals surface area contributed by atoms with Crippen molar-refractivity contribution in [3.63, 3.8) is 0 Å². The van der Waals surface area contributed by atoms with Crippen LogP contribution in [0.3, 0.4) is 0 Å². The third-order valence-electron chi connectivity index (χ3n) is 6.16. The number of carbonyl (C=O) groups is 1. The summed E-state index contributed by atoms with van der Waals surface area (Å²) in [5, 5.41) is 20.8. The molecule has 220 valence electrons. The minimum absolute atomic E-state index is 0.0750. The number of methoxy groups -OCH3 is 1. The number of hydrogen-bond acceptors (Lipinski definition) is 11. The summed E-state index contributed by atoms with van der Waals surface area (Å²) < 4.78 is 23.4. The molecule has 1 aliphatic rings. The molecule has 1 N–H and O–H groups in total. The first-order chi connectivity index (χ1) is 20.6. The Morgan fingerprint density at radius 2 is 1.95 bits per heavy atom. The Bertz CT molecular complexity index is 1420. The maximum Gasteiger partial charge on any atom is 0.268 e. The molecule has 0 unspecified atom stereocenters. The number of ether oxygens (including phenoxy) is 4.